The Morgan fingerprint density at radius 2 is 2.44 bits per heavy atom. The van der Waals surface area contributed by atoms with Gasteiger partial charge in [0.05, 0.1) is 17.2 Å². The lowest BCUT2D eigenvalue weighted by atomic mass is 10.2. The molecule has 0 spiro atoms. The normalized spacial score (nSPS) is 14.1. The molecule has 0 unspecified atom stereocenters. The van der Waals surface area contributed by atoms with Crippen molar-refractivity contribution in [3.63, 3.8) is 0 Å². The molecular formula is C10H14N4OS. The number of guanidine groups is 1. The minimum atomic E-state index is 0.487. The second-order valence-electron chi connectivity index (χ2n) is 3.81. The molecule has 0 aromatic carbocycles. The zero-order valence-corrected chi connectivity index (χ0v) is 10.0. The van der Waals surface area contributed by atoms with Gasteiger partial charge in [-0.25, -0.2) is 10.5 Å². The first-order chi connectivity index (χ1) is 7.75. The van der Waals surface area contributed by atoms with Crippen LogP contribution in [0.3, 0.4) is 0 Å². The molecule has 1 aliphatic heterocycles. The maximum absolute atomic E-state index is 5.28. The van der Waals surface area contributed by atoms with E-state index in [0.717, 1.165) is 10.6 Å². The Hall–Kier alpha value is -1.27. The molecular weight excluding hydrogens is 224 g/mol. The maximum atomic E-state index is 5.28. The lowest BCUT2D eigenvalue weighted by Gasteiger charge is -2.17. The van der Waals surface area contributed by atoms with Crippen molar-refractivity contribution in [2.24, 2.45) is 10.9 Å². The van der Waals surface area contributed by atoms with Crippen molar-refractivity contribution in [1.29, 1.82) is 0 Å². The first kappa shape index (κ1) is 11.2. The van der Waals surface area contributed by atoms with Crippen LogP contribution in [0, 0.1) is 5.92 Å². The molecule has 1 aromatic heterocycles. The number of aliphatic imine (C=N–C) groups is 1. The summed E-state index contributed by atoms with van der Waals surface area (Å²) in [6, 6.07) is 1.87. The number of hydroxylamine groups is 1. The molecule has 2 heterocycles. The topological polar surface area (TPSA) is 58.5 Å². The van der Waals surface area contributed by atoms with Crippen LogP contribution in [0.25, 0.3) is 0 Å². The molecule has 0 saturated heterocycles. The van der Waals surface area contributed by atoms with Gasteiger partial charge < -0.3 is 0 Å². The fourth-order valence-corrected chi connectivity index (χ4v) is 1.74. The summed E-state index contributed by atoms with van der Waals surface area (Å²) < 4.78 is 3.04. The van der Waals surface area contributed by atoms with E-state index in [1.54, 1.807) is 12.4 Å². The molecule has 86 valence electrons. The lowest BCUT2D eigenvalue weighted by molar-refractivity contribution is 0.0628. The smallest absolute Gasteiger partial charge is 0.231 e. The maximum Gasteiger partial charge on any atom is 0.231 e. The average Bonchev–Trinajstić information content (AvgIpc) is 2.28. The third-order valence-electron chi connectivity index (χ3n) is 1.84. The number of pyridine rings is 1. The summed E-state index contributed by atoms with van der Waals surface area (Å²) in [4.78, 5) is 14.7. The summed E-state index contributed by atoms with van der Waals surface area (Å²) >= 11 is 1.47. The average molecular weight is 238 g/mol. The Balaban J connectivity index is 1.96. The minimum absolute atomic E-state index is 0.487. The molecule has 0 bridgehead atoms. The Bertz CT molecular complexity index is 394. The highest BCUT2D eigenvalue weighted by Gasteiger charge is 2.11. The van der Waals surface area contributed by atoms with Gasteiger partial charge in [-0.05, 0) is 23.9 Å². The molecule has 0 aliphatic carbocycles. The molecule has 2 N–H and O–H groups in total. The number of aromatic nitrogens is 1. The largest absolute Gasteiger partial charge is 0.294 e. The highest BCUT2D eigenvalue weighted by molar-refractivity contribution is 7.98. The molecule has 6 heteroatoms. The van der Waals surface area contributed by atoms with Crippen molar-refractivity contribution in [3.8, 4) is 0 Å². The van der Waals surface area contributed by atoms with Crippen molar-refractivity contribution < 1.29 is 4.84 Å². The Kier molecular flexibility index (Phi) is 3.63. The predicted octanol–water partition coefficient (Wildman–Crippen LogP) is 1.86. The Labute approximate surface area is 98.8 Å². The first-order valence-corrected chi connectivity index (χ1v) is 5.90. The van der Waals surface area contributed by atoms with Crippen molar-refractivity contribution >= 4 is 23.6 Å². The zero-order valence-electron chi connectivity index (χ0n) is 9.23. The van der Waals surface area contributed by atoms with Gasteiger partial charge in [-0.1, -0.05) is 13.8 Å². The van der Waals surface area contributed by atoms with Gasteiger partial charge in [0, 0.05) is 12.4 Å². The van der Waals surface area contributed by atoms with Crippen LogP contribution in [-0.4, -0.2) is 17.6 Å². The van der Waals surface area contributed by atoms with E-state index >= 15 is 0 Å². The SMILES string of the molecule is CC(C)CONC1=Nc2ccncc2SN1. The number of nitrogens with zero attached hydrogens (tertiary/aromatic N) is 2. The third-order valence-corrected chi connectivity index (χ3v) is 2.67. The second-order valence-corrected chi connectivity index (χ2v) is 4.66. The number of rotatable bonds is 3. The van der Waals surface area contributed by atoms with Crippen molar-refractivity contribution in [1.82, 2.24) is 15.2 Å². The molecule has 5 nitrogen and oxygen atoms in total. The standard InChI is InChI=1S/C10H14N4OS/c1-7(2)6-15-13-10-12-8-3-4-11-5-9(8)16-14-10/h3-5,7H,6H2,1-2H3,(H2,12,13,14). The van der Waals surface area contributed by atoms with E-state index in [1.165, 1.54) is 11.9 Å². The predicted molar refractivity (Wildman–Crippen MR) is 64.3 cm³/mol. The fourth-order valence-electron chi connectivity index (χ4n) is 1.11. The van der Waals surface area contributed by atoms with Crippen molar-refractivity contribution in [2.45, 2.75) is 18.7 Å². The summed E-state index contributed by atoms with van der Waals surface area (Å²) in [6.07, 6.45) is 3.50. The monoisotopic (exact) mass is 238 g/mol. The zero-order chi connectivity index (χ0) is 11.4. The lowest BCUT2D eigenvalue weighted by Crippen LogP contribution is -2.35. The van der Waals surface area contributed by atoms with Crippen LogP contribution in [0.15, 0.2) is 28.3 Å². The van der Waals surface area contributed by atoms with E-state index < -0.39 is 0 Å². The molecule has 0 fully saturated rings. The molecule has 0 saturated carbocycles. The van der Waals surface area contributed by atoms with Gasteiger partial charge in [0.15, 0.2) is 0 Å². The quantitative estimate of drug-likeness (QED) is 0.621. The highest BCUT2D eigenvalue weighted by Crippen LogP contribution is 2.29. The summed E-state index contributed by atoms with van der Waals surface area (Å²) in [5.41, 5.74) is 3.69. The number of hydrogen-bond acceptors (Lipinski definition) is 6. The molecule has 1 aromatic rings. The van der Waals surface area contributed by atoms with Gasteiger partial charge in [0.1, 0.15) is 0 Å². The number of fused-ring (bicyclic) bond motifs is 1. The molecule has 1 aliphatic rings. The molecule has 0 amide bonds. The van der Waals surface area contributed by atoms with E-state index in [1.807, 2.05) is 6.07 Å². The summed E-state index contributed by atoms with van der Waals surface area (Å²) in [5.74, 6) is 1.10. The van der Waals surface area contributed by atoms with Crippen LogP contribution in [0.5, 0.6) is 0 Å². The van der Waals surface area contributed by atoms with E-state index in [9.17, 15) is 0 Å². The van der Waals surface area contributed by atoms with Crippen LogP contribution in [0.1, 0.15) is 13.8 Å². The third kappa shape index (κ3) is 2.86. The molecule has 16 heavy (non-hydrogen) atoms. The van der Waals surface area contributed by atoms with Crippen molar-refractivity contribution in [2.75, 3.05) is 6.61 Å². The van der Waals surface area contributed by atoms with E-state index in [2.05, 4.69) is 34.0 Å². The summed E-state index contributed by atoms with van der Waals surface area (Å²) in [5, 5.41) is 0. The van der Waals surface area contributed by atoms with Crippen molar-refractivity contribution in [3.05, 3.63) is 18.5 Å². The van der Waals surface area contributed by atoms with Gasteiger partial charge >= 0.3 is 0 Å². The Morgan fingerprint density at radius 3 is 3.25 bits per heavy atom. The minimum Gasteiger partial charge on any atom is -0.294 e. The fraction of sp³-hybridized carbons (Fsp3) is 0.400. The van der Waals surface area contributed by atoms with E-state index in [0.29, 0.717) is 18.5 Å². The first-order valence-electron chi connectivity index (χ1n) is 5.09. The van der Waals surface area contributed by atoms with E-state index in [-0.39, 0.29) is 0 Å². The van der Waals surface area contributed by atoms with Crippen LogP contribution >= 0.6 is 11.9 Å². The van der Waals surface area contributed by atoms with Gasteiger partial charge in [-0.15, -0.1) is 0 Å². The Morgan fingerprint density at radius 1 is 1.56 bits per heavy atom. The van der Waals surface area contributed by atoms with Crippen LogP contribution in [0.2, 0.25) is 0 Å². The number of nitrogens with one attached hydrogen (secondary N) is 2. The van der Waals surface area contributed by atoms with E-state index in [4.69, 9.17) is 4.84 Å². The van der Waals surface area contributed by atoms with Gasteiger partial charge in [0.25, 0.3) is 0 Å². The molecule has 0 radical (unpaired) electrons. The molecule has 0 atom stereocenters. The van der Waals surface area contributed by atoms with Gasteiger partial charge in [-0.3, -0.25) is 14.5 Å². The van der Waals surface area contributed by atoms with Crippen LogP contribution in [0.4, 0.5) is 5.69 Å². The second kappa shape index (κ2) is 5.18. The van der Waals surface area contributed by atoms with Gasteiger partial charge in [0.2, 0.25) is 5.96 Å². The molecule has 2 rings (SSSR count). The van der Waals surface area contributed by atoms with Crippen LogP contribution < -0.4 is 10.2 Å². The summed E-state index contributed by atoms with van der Waals surface area (Å²) in [7, 11) is 0. The highest BCUT2D eigenvalue weighted by atomic mass is 32.2. The van der Waals surface area contributed by atoms with Gasteiger partial charge in [-0.2, -0.15) is 0 Å². The summed E-state index contributed by atoms with van der Waals surface area (Å²) in [6.45, 7) is 4.83. The van der Waals surface area contributed by atoms with Crippen LogP contribution in [-0.2, 0) is 4.84 Å². The number of hydrogen-bond donors (Lipinski definition) is 2.